The van der Waals surface area contributed by atoms with E-state index in [0.717, 1.165) is 16.5 Å². The molecule has 40 heavy (non-hydrogen) atoms. The van der Waals surface area contributed by atoms with E-state index in [-0.39, 0.29) is 36.7 Å². The fourth-order valence-electron chi connectivity index (χ4n) is 5.43. The molecule has 0 aliphatic carbocycles. The lowest BCUT2D eigenvalue weighted by molar-refractivity contribution is -0.136. The van der Waals surface area contributed by atoms with Gasteiger partial charge in [-0.3, -0.25) is 4.79 Å². The van der Waals surface area contributed by atoms with Gasteiger partial charge in [-0.05, 0) is 55.8 Å². The van der Waals surface area contributed by atoms with Crippen molar-refractivity contribution in [2.45, 2.75) is 39.2 Å². The molecule has 0 radical (unpaired) electrons. The van der Waals surface area contributed by atoms with Crippen molar-refractivity contribution in [3.8, 4) is 0 Å². The Labute approximate surface area is 231 Å². The van der Waals surface area contributed by atoms with Gasteiger partial charge in [-0.2, -0.15) is 0 Å². The maximum Gasteiger partial charge on any atom is 0.341 e. The molecule has 1 atom stereocenters. The Balaban J connectivity index is 1.54. The minimum Gasteiger partial charge on any atom is -0.462 e. The fraction of sp³-hybridized carbons (Fsp3) is 0.367. The van der Waals surface area contributed by atoms with Crippen LogP contribution in [0.3, 0.4) is 0 Å². The molecule has 10 heteroatoms. The van der Waals surface area contributed by atoms with E-state index in [2.05, 4.69) is 10.3 Å². The summed E-state index contributed by atoms with van der Waals surface area (Å²) in [6.45, 7) is 9.60. The third-order valence-electron chi connectivity index (χ3n) is 7.32. The largest absolute Gasteiger partial charge is 0.462 e. The molecule has 2 aromatic carbocycles. The summed E-state index contributed by atoms with van der Waals surface area (Å²) >= 11 is 0. The van der Waals surface area contributed by atoms with Crippen molar-refractivity contribution >= 4 is 40.1 Å². The number of aromatic nitrogens is 1. The van der Waals surface area contributed by atoms with Crippen LogP contribution in [0.25, 0.3) is 16.5 Å². The van der Waals surface area contributed by atoms with Crippen LogP contribution >= 0.6 is 0 Å². The van der Waals surface area contributed by atoms with E-state index in [9.17, 15) is 18.8 Å². The number of amides is 3. The highest BCUT2D eigenvalue weighted by Gasteiger charge is 2.37. The van der Waals surface area contributed by atoms with Gasteiger partial charge in [0.15, 0.2) is 0 Å². The monoisotopic (exact) mass is 548 g/mol. The lowest BCUT2D eigenvalue weighted by atomic mass is 9.81. The van der Waals surface area contributed by atoms with Gasteiger partial charge in [-0.25, -0.2) is 14.0 Å². The topological polar surface area (TPSA) is 104 Å². The van der Waals surface area contributed by atoms with E-state index >= 15 is 0 Å². The number of carbonyl (C=O) groups is 3. The number of morpholine rings is 1. The van der Waals surface area contributed by atoms with Crippen LogP contribution in [0.15, 0.2) is 48.7 Å². The molecular formula is C30H33FN4O5. The number of fused-ring (bicyclic) bond motifs is 3. The van der Waals surface area contributed by atoms with Crippen molar-refractivity contribution in [3.63, 3.8) is 0 Å². The first-order valence-corrected chi connectivity index (χ1v) is 13.4. The quantitative estimate of drug-likeness (QED) is 0.452. The lowest BCUT2D eigenvalue weighted by Gasteiger charge is -2.33. The second-order valence-electron chi connectivity index (χ2n) is 10.8. The molecular weight excluding hydrogens is 515 g/mol. The number of hydrogen-bond acceptors (Lipinski definition) is 5. The van der Waals surface area contributed by atoms with Crippen LogP contribution in [0.2, 0.25) is 0 Å². The first-order chi connectivity index (χ1) is 19.1. The first-order valence-electron chi connectivity index (χ1n) is 13.4. The molecule has 3 heterocycles. The Hall–Kier alpha value is -4.18. The first kappa shape index (κ1) is 27.4. The van der Waals surface area contributed by atoms with E-state index < -0.39 is 17.2 Å². The zero-order valence-corrected chi connectivity index (χ0v) is 23.0. The van der Waals surface area contributed by atoms with Gasteiger partial charge in [-0.1, -0.05) is 19.9 Å². The molecule has 1 saturated heterocycles. The van der Waals surface area contributed by atoms with Gasteiger partial charge in [0.05, 0.1) is 37.1 Å². The van der Waals surface area contributed by atoms with Crippen molar-refractivity contribution in [3.05, 3.63) is 71.3 Å². The number of urea groups is 1. The van der Waals surface area contributed by atoms with E-state index in [4.69, 9.17) is 9.47 Å². The van der Waals surface area contributed by atoms with Gasteiger partial charge in [0.1, 0.15) is 5.82 Å². The average molecular weight is 549 g/mol. The Bertz CT molecular complexity index is 1490. The smallest absolute Gasteiger partial charge is 0.341 e. The molecule has 3 amide bonds. The van der Waals surface area contributed by atoms with Crippen molar-refractivity contribution < 1.29 is 28.2 Å². The van der Waals surface area contributed by atoms with Gasteiger partial charge in [-0.15, -0.1) is 0 Å². The molecule has 1 aromatic heterocycles. The van der Waals surface area contributed by atoms with Crippen LogP contribution in [0.5, 0.6) is 0 Å². The summed E-state index contributed by atoms with van der Waals surface area (Å²) in [5.74, 6) is -1.36. The number of H-pyrrole nitrogens is 1. The van der Waals surface area contributed by atoms with Crippen LogP contribution in [0.4, 0.5) is 14.9 Å². The van der Waals surface area contributed by atoms with Crippen molar-refractivity contribution in [2.75, 3.05) is 38.2 Å². The molecule has 0 bridgehead atoms. The van der Waals surface area contributed by atoms with Crippen LogP contribution in [-0.4, -0.2) is 71.6 Å². The van der Waals surface area contributed by atoms with E-state index in [0.29, 0.717) is 36.7 Å². The number of aromatic amines is 1. The minimum absolute atomic E-state index is 0.0299. The molecule has 3 aromatic rings. The van der Waals surface area contributed by atoms with Gasteiger partial charge >= 0.3 is 12.0 Å². The molecule has 1 unspecified atom stereocenters. The molecule has 9 nitrogen and oxygen atoms in total. The Kier molecular flexibility index (Phi) is 7.37. The second-order valence-corrected chi connectivity index (χ2v) is 10.8. The lowest BCUT2D eigenvalue weighted by Crippen LogP contribution is -2.48. The third-order valence-corrected chi connectivity index (χ3v) is 7.32. The van der Waals surface area contributed by atoms with E-state index in [1.807, 2.05) is 39.0 Å². The summed E-state index contributed by atoms with van der Waals surface area (Å²) in [7, 11) is 0. The molecule has 1 fully saturated rings. The van der Waals surface area contributed by atoms with Crippen LogP contribution in [0.1, 0.15) is 49.3 Å². The maximum atomic E-state index is 13.5. The number of hydrogen-bond donors (Lipinski definition) is 2. The van der Waals surface area contributed by atoms with Gasteiger partial charge in [0.25, 0.3) is 5.91 Å². The average Bonchev–Trinajstić information content (AvgIpc) is 3.25. The van der Waals surface area contributed by atoms with Gasteiger partial charge in [0, 0.05) is 46.9 Å². The number of halogens is 1. The molecule has 0 spiro atoms. The molecule has 0 saturated carbocycles. The van der Waals surface area contributed by atoms with Crippen LogP contribution < -0.4 is 5.32 Å². The number of esters is 1. The normalized spacial score (nSPS) is 18.5. The highest BCUT2D eigenvalue weighted by atomic mass is 19.1. The summed E-state index contributed by atoms with van der Waals surface area (Å²) in [6.07, 6.45) is 1.51. The van der Waals surface area contributed by atoms with Crippen LogP contribution in [0, 0.1) is 5.82 Å². The summed E-state index contributed by atoms with van der Waals surface area (Å²) in [5, 5.41) is 3.84. The minimum atomic E-state index is -0.595. The third kappa shape index (κ3) is 5.19. The van der Waals surface area contributed by atoms with E-state index in [1.54, 1.807) is 11.8 Å². The van der Waals surface area contributed by atoms with Crippen LogP contribution in [-0.2, 0) is 19.7 Å². The highest BCUT2D eigenvalue weighted by molar-refractivity contribution is 6.18. The van der Waals surface area contributed by atoms with Gasteiger partial charge < -0.3 is 29.6 Å². The molecule has 5 rings (SSSR count). The zero-order valence-electron chi connectivity index (χ0n) is 23.0. The van der Waals surface area contributed by atoms with Crippen molar-refractivity contribution in [1.29, 1.82) is 0 Å². The summed E-state index contributed by atoms with van der Waals surface area (Å²) in [5.41, 5.74) is 2.68. The van der Waals surface area contributed by atoms with Crippen molar-refractivity contribution in [2.24, 2.45) is 0 Å². The Morgan fingerprint density at radius 1 is 1.18 bits per heavy atom. The predicted octanol–water partition coefficient (Wildman–Crippen LogP) is 4.90. The molecule has 210 valence electrons. The Morgan fingerprint density at radius 3 is 2.62 bits per heavy atom. The standard InChI is InChI=1S/C30H33FN4O5/c1-5-40-28(37)23-15-34(27(36)19-6-8-20(31)9-7-19)17-30(3,4)25-22-11-10-21(14-24(22)33-26(23)25)32-29(38)35-12-13-39-16-18(35)2/h6-11,14-15,18,33H,5,12-13,16-17H2,1-4H3,(H,32,38). The summed E-state index contributed by atoms with van der Waals surface area (Å²) < 4.78 is 24.3. The Morgan fingerprint density at radius 2 is 1.93 bits per heavy atom. The number of nitrogens with one attached hydrogen (secondary N) is 2. The summed E-state index contributed by atoms with van der Waals surface area (Å²) in [6, 6.07) is 10.7. The fourth-order valence-corrected chi connectivity index (χ4v) is 5.43. The number of ether oxygens (including phenoxy) is 2. The molecule has 2 aliphatic rings. The number of carbonyl (C=O) groups excluding carboxylic acids is 3. The second kappa shape index (κ2) is 10.8. The maximum absolute atomic E-state index is 13.5. The number of benzene rings is 2. The SMILES string of the molecule is CCOC(=O)C1=CN(C(=O)c2ccc(F)cc2)CC(C)(C)c2c1[nH]c1cc(NC(=O)N3CCOCC3C)ccc21. The zero-order chi connectivity index (χ0) is 28.6. The molecule has 2 aliphatic heterocycles. The molecule has 2 N–H and O–H groups in total. The van der Waals surface area contributed by atoms with Crippen molar-refractivity contribution in [1.82, 2.24) is 14.8 Å². The number of nitrogens with zero attached hydrogens (tertiary/aromatic N) is 2. The van der Waals surface area contributed by atoms with E-state index in [1.165, 1.54) is 35.4 Å². The van der Waals surface area contributed by atoms with Gasteiger partial charge in [0.2, 0.25) is 0 Å². The predicted molar refractivity (Wildman–Crippen MR) is 149 cm³/mol. The summed E-state index contributed by atoms with van der Waals surface area (Å²) in [4.78, 5) is 46.2. The number of rotatable bonds is 4. The highest BCUT2D eigenvalue weighted by Crippen LogP contribution is 2.41. The number of anilines is 1.